The smallest absolute Gasteiger partial charge is 0.236 e. The van der Waals surface area contributed by atoms with E-state index in [2.05, 4.69) is 9.80 Å². The molecule has 1 fully saturated rings. The lowest BCUT2D eigenvalue weighted by atomic mass is 10.0. The molecule has 0 aliphatic carbocycles. The Bertz CT molecular complexity index is 892. The van der Waals surface area contributed by atoms with Crippen molar-refractivity contribution in [1.82, 2.24) is 14.7 Å². The number of likely N-dealkylation sites (N-methyl/N-ethyl adjacent to an activating group) is 1. The summed E-state index contributed by atoms with van der Waals surface area (Å²) in [5.41, 5.74) is 1.26. The molecule has 1 heterocycles. The summed E-state index contributed by atoms with van der Waals surface area (Å²) in [6.45, 7) is 6.26. The molecule has 1 aliphatic rings. The summed E-state index contributed by atoms with van der Waals surface area (Å²) in [5.74, 6) is 0.931. The average Bonchev–Trinajstić information content (AvgIpc) is 2.82. The zero-order valence-electron chi connectivity index (χ0n) is 19.6. The number of hydrogen-bond donors (Lipinski definition) is 0. The number of halogens is 1. The predicted molar refractivity (Wildman–Crippen MR) is 132 cm³/mol. The Labute approximate surface area is 202 Å². The molecular weight excluding hydrogens is 438 g/mol. The molecule has 0 aromatic heterocycles. The summed E-state index contributed by atoms with van der Waals surface area (Å²) < 4.78 is 5.84. The number of nitrogens with zero attached hydrogens (tertiary/aromatic N) is 3. The first-order valence-electron chi connectivity index (χ1n) is 11.6. The van der Waals surface area contributed by atoms with Crippen molar-refractivity contribution in [1.29, 1.82) is 0 Å². The summed E-state index contributed by atoms with van der Waals surface area (Å²) in [6, 6.07) is 14.2. The molecule has 0 bridgehead atoms. The number of amides is 1. The Morgan fingerprint density at radius 1 is 0.848 bits per heavy atom. The molecule has 2 aromatic rings. The van der Waals surface area contributed by atoms with Crippen LogP contribution in [-0.2, 0) is 4.79 Å². The second-order valence-corrected chi connectivity index (χ2v) is 9.11. The van der Waals surface area contributed by atoms with Gasteiger partial charge in [-0.15, -0.1) is 0 Å². The predicted octanol–water partition coefficient (Wildman–Crippen LogP) is 3.83. The lowest BCUT2D eigenvalue weighted by molar-refractivity contribution is -0.130. The first-order chi connectivity index (χ1) is 15.9. The third kappa shape index (κ3) is 8.14. The molecule has 6 nitrogen and oxygen atoms in total. The van der Waals surface area contributed by atoms with Gasteiger partial charge in [0, 0.05) is 56.4 Å². The Kier molecular flexibility index (Phi) is 9.73. The summed E-state index contributed by atoms with van der Waals surface area (Å²) in [4.78, 5) is 30.7. The van der Waals surface area contributed by atoms with E-state index in [4.69, 9.17) is 16.3 Å². The van der Waals surface area contributed by atoms with Crippen LogP contribution in [0.1, 0.15) is 35.2 Å². The van der Waals surface area contributed by atoms with Crippen molar-refractivity contribution in [3.63, 3.8) is 0 Å². The van der Waals surface area contributed by atoms with Crippen molar-refractivity contribution in [3.8, 4) is 5.75 Å². The van der Waals surface area contributed by atoms with Crippen molar-refractivity contribution in [3.05, 3.63) is 64.7 Å². The summed E-state index contributed by atoms with van der Waals surface area (Å²) in [6.07, 6.45) is 3.27. The maximum Gasteiger partial charge on any atom is 0.236 e. The van der Waals surface area contributed by atoms with Gasteiger partial charge in [0.1, 0.15) is 5.75 Å². The normalized spacial score (nSPS) is 14.8. The van der Waals surface area contributed by atoms with Crippen LogP contribution in [0.3, 0.4) is 0 Å². The molecule has 1 aliphatic heterocycles. The van der Waals surface area contributed by atoms with E-state index < -0.39 is 0 Å². The molecule has 7 heteroatoms. The van der Waals surface area contributed by atoms with Gasteiger partial charge in [-0.25, -0.2) is 0 Å². The highest BCUT2D eigenvalue weighted by Gasteiger charge is 2.19. The van der Waals surface area contributed by atoms with Crippen LogP contribution in [-0.4, -0.2) is 86.4 Å². The van der Waals surface area contributed by atoms with Gasteiger partial charge in [-0.3, -0.25) is 14.5 Å². The molecule has 2 aromatic carbocycles. The van der Waals surface area contributed by atoms with Crippen LogP contribution in [0, 0.1) is 0 Å². The molecule has 1 amide bonds. The quantitative estimate of drug-likeness (QED) is 0.368. The van der Waals surface area contributed by atoms with E-state index in [9.17, 15) is 9.59 Å². The largest absolute Gasteiger partial charge is 0.494 e. The lowest BCUT2D eigenvalue weighted by Crippen LogP contribution is -2.49. The molecule has 33 heavy (non-hydrogen) atoms. The van der Waals surface area contributed by atoms with Gasteiger partial charge in [0.2, 0.25) is 5.91 Å². The number of rotatable bonds is 11. The number of carbonyl (C=O) groups is 2. The first-order valence-corrected chi connectivity index (χ1v) is 12.0. The lowest BCUT2D eigenvalue weighted by Gasteiger charge is -2.34. The minimum Gasteiger partial charge on any atom is -0.494 e. The topological polar surface area (TPSA) is 53.1 Å². The number of ketones is 1. The molecule has 0 radical (unpaired) electrons. The van der Waals surface area contributed by atoms with Crippen LogP contribution < -0.4 is 4.74 Å². The zero-order valence-corrected chi connectivity index (χ0v) is 20.4. The average molecular weight is 472 g/mol. The summed E-state index contributed by atoms with van der Waals surface area (Å²) in [7, 11) is 3.61. The van der Waals surface area contributed by atoms with Gasteiger partial charge in [-0.05, 0) is 74.3 Å². The second kappa shape index (κ2) is 12.7. The van der Waals surface area contributed by atoms with Crippen molar-refractivity contribution >= 4 is 23.3 Å². The standard InChI is InChI=1S/C26H34ClN3O3/c1-28(2)25(31)20-30-17-15-29(16-18-30)14-4-3-5-19-33-24-12-8-22(9-13-24)26(32)21-6-10-23(27)11-7-21/h6-13H,3-5,14-20H2,1-2H3. The van der Waals surface area contributed by atoms with Crippen LogP contribution in [0.4, 0.5) is 0 Å². The highest BCUT2D eigenvalue weighted by Crippen LogP contribution is 2.17. The summed E-state index contributed by atoms with van der Waals surface area (Å²) >= 11 is 5.89. The number of hydrogen-bond acceptors (Lipinski definition) is 5. The minimum atomic E-state index is -0.0247. The van der Waals surface area contributed by atoms with Crippen molar-refractivity contribution in [2.45, 2.75) is 19.3 Å². The van der Waals surface area contributed by atoms with Gasteiger partial charge in [0.05, 0.1) is 13.2 Å². The number of benzene rings is 2. The molecule has 0 unspecified atom stereocenters. The van der Waals surface area contributed by atoms with Gasteiger partial charge in [0.15, 0.2) is 5.78 Å². The van der Waals surface area contributed by atoms with Crippen molar-refractivity contribution in [2.24, 2.45) is 0 Å². The van der Waals surface area contributed by atoms with Crippen LogP contribution in [0.2, 0.25) is 5.02 Å². The van der Waals surface area contributed by atoms with Crippen LogP contribution in [0.5, 0.6) is 5.75 Å². The van der Waals surface area contributed by atoms with Crippen LogP contribution >= 0.6 is 11.6 Å². The van der Waals surface area contributed by atoms with E-state index in [-0.39, 0.29) is 11.7 Å². The number of piperazine rings is 1. The van der Waals surface area contributed by atoms with Crippen LogP contribution in [0.25, 0.3) is 0 Å². The minimum absolute atomic E-state index is 0.0247. The second-order valence-electron chi connectivity index (χ2n) is 8.68. The fourth-order valence-corrected chi connectivity index (χ4v) is 3.90. The Balaban J connectivity index is 1.28. The molecule has 178 valence electrons. The molecule has 0 atom stereocenters. The van der Waals surface area contributed by atoms with Gasteiger partial charge in [-0.1, -0.05) is 11.6 Å². The molecule has 1 saturated heterocycles. The molecule has 0 saturated carbocycles. The van der Waals surface area contributed by atoms with Gasteiger partial charge >= 0.3 is 0 Å². The maximum atomic E-state index is 12.5. The SMILES string of the molecule is CN(C)C(=O)CN1CCN(CCCCCOc2ccc(C(=O)c3ccc(Cl)cc3)cc2)CC1. The number of ether oxygens (including phenoxy) is 1. The van der Waals surface area contributed by atoms with Crippen LogP contribution in [0.15, 0.2) is 48.5 Å². The van der Waals surface area contributed by atoms with E-state index in [1.807, 2.05) is 12.1 Å². The van der Waals surface area contributed by atoms with Gasteiger partial charge in [-0.2, -0.15) is 0 Å². The molecule has 0 spiro atoms. The van der Waals surface area contributed by atoms with Gasteiger partial charge < -0.3 is 14.5 Å². The van der Waals surface area contributed by atoms with E-state index in [0.717, 1.165) is 57.7 Å². The monoisotopic (exact) mass is 471 g/mol. The van der Waals surface area contributed by atoms with E-state index in [0.29, 0.717) is 29.3 Å². The first kappa shape index (κ1) is 25.2. The Hall–Kier alpha value is -2.41. The van der Waals surface area contributed by atoms with Crippen molar-refractivity contribution in [2.75, 3.05) is 60.0 Å². The zero-order chi connectivity index (χ0) is 23.6. The molecule has 0 N–H and O–H groups in total. The Morgan fingerprint density at radius 3 is 2.03 bits per heavy atom. The summed E-state index contributed by atoms with van der Waals surface area (Å²) in [5, 5.41) is 0.617. The van der Waals surface area contributed by atoms with E-state index in [1.54, 1.807) is 55.4 Å². The highest BCUT2D eigenvalue weighted by atomic mass is 35.5. The fourth-order valence-electron chi connectivity index (χ4n) is 3.78. The third-order valence-electron chi connectivity index (χ3n) is 5.93. The van der Waals surface area contributed by atoms with E-state index >= 15 is 0 Å². The van der Waals surface area contributed by atoms with Gasteiger partial charge in [0.25, 0.3) is 0 Å². The van der Waals surface area contributed by atoms with Crippen molar-refractivity contribution < 1.29 is 14.3 Å². The molecular formula is C26H34ClN3O3. The molecule has 3 rings (SSSR count). The number of unbranched alkanes of at least 4 members (excludes halogenated alkanes) is 2. The number of carbonyl (C=O) groups excluding carboxylic acids is 2. The maximum absolute atomic E-state index is 12.5. The third-order valence-corrected chi connectivity index (χ3v) is 6.18. The highest BCUT2D eigenvalue weighted by molar-refractivity contribution is 6.30. The Morgan fingerprint density at radius 2 is 1.42 bits per heavy atom. The fraction of sp³-hybridized carbons (Fsp3) is 0.462. The van der Waals surface area contributed by atoms with E-state index in [1.165, 1.54) is 0 Å².